The smallest absolute Gasteiger partial charge is 0.440 e. The molecule has 1 aromatic rings. The molecule has 0 atom stereocenters. The Morgan fingerprint density at radius 2 is 1.45 bits per heavy atom. The van der Waals surface area contributed by atoms with Crippen LogP contribution in [-0.4, -0.2) is 38.2 Å². The number of alkyl halides is 9. The molecule has 0 radical (unpaired) electrons. The molecule has 0 fully saturated rings. The topological polar surface area (TPSA) is 21.2 Å². The lowest BCUT2D eigenvalue weighted by Crippen LogP contribution is -2.59. The average Bonchev–Trinajstić information content (AvgIpc) is 3.16. The fraction of sp³-hybridized carbons (Fsp3) is 0.280. The molecular formula is C25H18F9N3O. The molecule has 0 unspecified atom stereocenters. The van der Waals surface area contributed by atoms with E-state index in [0.29, 0.717) is 11.6 Å². The normalized spacial score (nSPS) is 18.0. The van der Waals surface area contributed by atoms with Crippen LogP contribution in [0, 0.1) is 13.1 Å². The van der Waals surface area contributed by atoms with Crippen LogP contribution in [0.25, 0.3) is 15.8 Å². The van der Waals surface area contributed by atoms with E-state index in [4.69, 9.17) is 13.1 Å². The van der Waals surface area contributed by atoms with Gasteiger partial charge in [-0.3, -0.25) is 0 Å². The minimum Gasteiger partial charge on any atom is -0.489 e. The first-order chi connectivity index (χ1) is 17.4. The third kappa shape index (κ3) is 5.72. The Balaban J connectivity index is 2.74. The Bertz CT molecular complexity index is 1280. The summed E-state index contributed by atoms with van der Waals surface area (Å²) in [5, 5.41) is 0. The van der Waals surface area contributed by atoms with Crippen LogP contribution in [0.15, 0.2) is 76.9 Å². The van der Waals surface area contributed by atoms with Gasteiger partial charge in [0, 0.05) is 25.4 Å². The molecule has 0 N–H and O–H groups in total. The Labute approximate surface area is 211 Å². The lowest BCUT2D eigenvalue weighted by molar-refractivity contribution is -0.351. The molecule has 13 heteroatoms. The Morgan fingerprint density at radius 3 is 1.87 bits per heavy atom. The Kier molecular flexibility index (Phi) is 8.47. The van der Waals surface area contributed by atoms with Crippen LogP contribution in [-0.2, 0) is 4.74 Å². The van der Waals surface area contributed by atoms with E-state index >= 15 is 0 Å². The van der Waals surface area contributed by atoms with Gasteiger partial charge in [0.1, 0.15) is 5.76 Å². The molecule has 0 aliphatic carbocycles. The number of benzene rings is 1. The van der Waals surface area contributed by atoms with Crippen LogP contribution >= 0.6 is 0 Å². The molecule has 0 spiro atoms. The molecule has 4 nitrogen and oxygen atoms in total. The second-order valence-electron chi connectivity index (χ2n) is 7.95. The maximum atomic E-state index is 14.0. The van der Waals surface area contributed by atoms with E-state index in [2.05, 4.69) is 14.4 Å². The van der Waals surface area contributed by atoms with Gasteiger partial charge in [-0.1, -0.05) is 42.5 Å². The largest absolute Gasteiger partial charge is 0.489 e. The quantitative estimate of drug-likeness (QED) is 0.212. The number of anilines is 1. The minimum atomic E-state index is -6.48. The fourth-order valence-corrected chi connectivity index (χ4v) is 3.40. The van der Waals surface area contributed by atoms with Crippen molar-refractivity contribution in [2.24, 2.45) is 0 Å². The molecule has 2 rings (SSSR count). The molecule has 1 heterocycles. The van der Waals surface area contributed by atoms with Crippen molar-refractivity contribution in [2.45, 2.75) is 31.1 Å². The van der Waals surface area contributed by atoms with E-state index in [1.54, 1.807) is 38.4 Å². The zero-order valence-electron chi connectivity index (χ0n) is 19.8. The first-order valence-corrected chi connectivity index (χ1v) is 10.4. The van der Waals surface area contributed by atoms with Crippen LogP contribution in [0.5, 0.6) is 0 Å². The van der Waals surface area contributed by atoms with Crippen molar-refractivity contribution in [3.8, 4) is 0 Å². The van der Waals surface area contributed by atoms with E-state index in [1.807, 2.05) is 4.90 Å². The van der Waals surface area contributed by atoms with E-state index in [0.717, 1.165) is 18.7 Å². The van der Waals surface area contributed by atoms with E-state index in [-0.39, 0.29) is 6.08 Å². The third-order valence-corrected chi connectivity index (χ3v) is 5.22. The van der Waals surface area contributed by atoms with Gasteiger partial charge in [-0.15, -0.1) is 0 Å². The van der Waals surface area contributed by atoms with Crippen LogP contribution in [0.3, 0.4) is 0 Å². The van der Waals surface area contributed by atoms with Crippen LogP contribution in [0.1, 0.15) is 12.5 Å². The number of nitrogens with zero attached hydrogens (tertiary/aromatic N) is 3. The average molecular weight is 547 g/mol. The Morgan fingerprint density at radius 1 is 0.895 bits per heavy atom. The van der Waals surface area contributed by atoms with Crippen molar-refractivity contribution in [2.75, 3.05) is 19.0 Å². The van der Waals surface area contributed by atoms with Gasteiger partial charge in [0.25, 0.3) is 0 Å². The summed E-state index contributed by atoms with van der Waals surface area (Å²) in [6.45, 7) is 14.7. The monoisotopic (exact) mass is 547 g/mol. The first kappa shape index (κ1) is 30.1. The van der Waals surface area contributed by atoms with Gasteiger partial charge < -0.3 is 9.64 Å². The van der Waals surface area contributed by atoms with Crippen molar-refractivity contribution >= 4 is 11.8 Å². The van der Waals surface area contributed by atoms with Crippen molar-refractivity contribution < 1.29 is 44.3 Å². The molecular weight excluding hydrogens is 529 g/mol. The third-order valence-electron chi connectivity index (χ3n) is 5.22. The van der Waals surface area contributed by atoms with Gasteiger partial charge in [0.15, 0.2) is 5.70 Å². The molecule has 1 aliphatic heterocycles. The number of ether oxygens (including phenoxy) is 1. The Hall–Kier alpha value is -4.13. The SMILES string of the molecule is [C-]#[N+]C(C)=C1OC(C(F)(F)F)(C(F)(F)F)C(C(=CC=CC=Cc2ccc(N(C)C)cc2)C(F)(F)F)=C1[N+]#[C-]. The fourth-order valence-electron chi connectivity index (χ4n) is 3.40. The van der Waals surface area contributed by atoms with Gasteiger partial charge in [0.2, 0.25) is 5.70 Å². The number of hydrogen-bond donors (Lipinski definition) is 0. The molecule has 38 heavy (non-hydrogen) atoms. The summed E-state index contributed by atoms with van der Waals surface area (Å²) in [6, 6.07) is 6.84. The molecule has 1 aromatic carbocycles. The minimum absolute atomic E-state index is 0.00824. The number of allylic oxidation sites excluding steroid dienone is 5. The van der Waals surface area contributed by atoms with E-state index < -0.39 is 52.4 Å². The maximum Gasteiger partial charge on any atom is 0.440 e. The van der Waals surface area contributed by atoms with Crippen LogP contribution in [0.2, 0.25) is 0 Å². The lowest BCUT2D eigenvalue weighted by atomic mass is 9.85. The van der Waals surface area contributed by atoms with Crippen molar-refractivity contribution in [3.05, 3.63) is 105 Å². The summed E-state index contributed by atoms with van der Waals surface area (Å²) in [5.41, 5.74) is -11.6. The molecule has 0 saturated heterocycles. The highest BCUT2D eigenvalue weighted by Crippen LogP contribution is 2.60. The van der Waals surface area contributed by atoms with Gasteiger partial charge in [0.05, 0.1) is 18.7 Å². The molecule has 0 bridgehead atoms. The van der Waals surface area contributed by atoms with Crippen molar-refractivity contribution in [1.29, 1.82) is 0 Å². The van der Waals surface area contributed by atoms with Crippen LogP contribution < -0.4 is 4.90 Å². The van der Waals surface area contributed by atoms with E-state index in [9.17, 15) is 39.5 Å². The number of halogens is 9. The second kappa shape index (κ2) is 10.7. The highest BCUT2D eigenvalue weighted by atomic mass is 19.4. The van der Waals surface area contributed by atoms with E-state index in [1.165, 1.54) is 12.2 Å². The van der Waals surface area contributed by atoms with Gasteiger partial charge in [-0.2, -0.15) is 39.5 Å². The highest BCUT2D eigenvalue weighted by Gasteiger charge is 2.79. The van der Waals surface area contributed by atoms with Crippen LogP contribution in [0.4, 0.5) is 45.2 Å². The molecule has 202 valence electrons. The maximum absolute atomic E-state index is 14.0. The first-order valence-electron chi connectivity index (χ1n) is 10.4. The predicted octanol–water partition coefficient (Wildman–Crippen LogP) is 8.03. The molecule has 0 saturated carbocycles. The number of rotatable bonds is 5. The van der Waals surface area contributed by atoms with Gasteiger partial charge in [-0.05, 0) is 24.6 Å². The van der Waals surface area contributed by atoms with Crippen molar-refractivity contribution in [1.82, 2.24) is 0 Å². The summed E-state index contributed by atoms with van der Waals surface area (Å²) in [5.74, 6) is -1.53. The summed E-state index contributed by atoms with van der Waals surface area (Å²) < 4.78 is 130. The summed E-state index contributed by atoms with van der Waals surface area (Å²) >= 11 is 0. The lowest BCUT2D eigenvalue weighted by Gasteiger charge is -2.37. The predicted molar refractivity (Wildman–Crippen MR) is 122 cm³/mol. The molecule has 0 amide bonds. The summed E-state index contributed by atoms with van der Waals surface area (Å²) in [7, 11) is 3.60. The molecule has 0 aromatic heterocycles. The standard InChI is InChI=1S/C25H18F9N3O/c1-15(35-2)21-20(36-3)19(22(38-21,24(29,30)31)25(32,33)34)18(23(26,27)28)10-8-6-7-9-16-11-13-17(14-12-16)37(4)5/h6-14H,1,4-5H3. The number of hydrogen-bond acceptors (Lipinski definition) is 2. The summed E-state index contributed by atoms with van der Waals surface area (Å²) in [4.78, 5) is 6.97. The second-order valence-corrected chi connectivity index (χ2v) is 7.95. The molecule has 1 aliphatic rings. The summed E-state index contributed by atoms with van der Waals surface area (Å²) in [6.07, 6.45) is -14.5. The zero-order chi connectivity index (χ0) is 29.1. The van der Waals surface area contributed by atoms with Gasteiger partial charge in [-0.25, -0.2) is 9.69 Å². The highest BCUT2D eigenvalue weighted by molar-refractivity contribution is 5.61. The zero-order valence-corrected chi connectivity index (χ0v) is 19.8. The van der Waals surface area contributed by atoms with Gasteiger partial charge >= 0.3 is 24.1 Å². The van der Waals surface area contributed by atoms with Crippen molar-refractivity contribution in [3.63, 3.8) is 0 Å².